The molecule has 1 aromatic carbocycles. The molecule has 8 heteroatoms. The Morgan fingerprint density at radius 1 is 1.19 bits per heavy atom. The Balaban J connectivity index is 1.86. The minimum atomic E-state index is -0.460. The number of halogens is 2. The molecule has 3 N–H and O–H groups in total. The molecular formula is C19H19ClFN3O2S. The summed E-state index contributed by atoms with van der Waals surface area (Å²) in [6.07, 6.45) is 5.17. The highest BCUT2D eigenvalue weighted by Crippen LogP contribution is 2.45. The van der Waals surface area contributed by atoms with Gasteiger partial charge in [-0.3, -0.25) is 14.0 Å². The fraction of sp³-hybridized carbons (Fsp3) is 0.474. The molecule has 2 aliphatic carbocycles. The van der Waals surface area contributed by atoms with Crippen molar-refractivity contribution in [1.82, 2.24) is 8.94 Å². The number of pyridine rings is 1. The van der Waals surface area contributed by atoms with Crippen molar-refractivity contribution >= 4 is 44.3 Å². The first-order valence-electron chi connectivity index (χ1n) is 9.30. The molecule has 0 aliphatic heterocycles. The monoisotopic (exact) mass is 407 g/mol. The highest BCUT2D eigenvalue weighted by atomic mass is 35.5. The van der Waals surface area contributed by atoms with E-state index < -0.39 is 16.8 Å². The third kappa shape index (κ3) is 2.59. The second-order valence-electron chi connectivity index (χ2n) is 7.74. The molecule has 5 rings (SSSR count). The summed E-state index contributed by atoms with van der Waals surface area (Å²) >= 11 is 7.91. The molecular weight excluding hydrogens is 389 g/mol. The molecule has 142 valence electrons. The van der Waals surface area contributed by atoms with Crippen LogP contribution in [0.3, 0.4) is 0 Å². The minimum absolute atomic E-state index is 0.00474. The maximum atomic E-state index is 15.1. The number of aromatic nitrogens is 2. The van der Waals surface area contributed by atoms with E-state index in [4.69, 9.17) is 17.3 Å². The molecule has 2 saturated carbocycles. The second-order valence-corrected chi connectivity index (χ2v) is 8.91. The molecule has 3 aromatic rings. The van der Waals surface area contributed by atoms with Crippen LogP contribution < -0.4 is 16.7 Å². The van der Waals surface area contributed by atoms with Crippen molar-refractivity contribution in [3.8, 4) is 0 Å². The van der Waals surface area contributed by atoms with E-state index in [-0.39, 0.29) is 28.8 Å². The lowest BCUT2D eigenvalue weighted by Gasteiger charge is -2.28. The number of rotatable bonds is 2. The highest BCUT2D eigenvalue weighted by Gasteiger charge is 2.32. The number of nitrogens with two attached hydrogens (primary N) is 1. The molecule has 0 spiro atoms. The normalized spacial score (nSPS) is 23.4. The van der Waals surface area contributed by atoms with Gasteiger partial charge in [0.05, 0.1) is 15.9 Å². The number of nitrogens with zero attached hydrogens (tertiary/aromatic N) is 1. The summed E-state index contributed by atoms with van der Waals surface area (Å²) in [5.74, 6) is -0.455. The van der Waals surface area contributed by atoms with Crippen LogP contribution in [0.2, 0.25) is 5.02 Å². The van der Waals surface area contributed by atoms with Crippen LogP contribution in [0.1, 0.15) is 56.0 Å². The summed E-state index contributed by atoms with van der Waals surface area (Å²) < 4.78 is 19.7. The lowest BCUT2D eigenvalue weighted by Crippen LogP contribution is -2.26. The van der Waals surface area contributed by atoms with Gasteiger partial charge in [0.2, 0.25) is 5.43 Å². The average Bonchev–Trinajstić information content (AvgIpc) is 3.40. The van der Waals surface area contributed by atoms with Gasteiger partial charge in [-0.25, -0.2) is 4.39 Å². The van der Waals surface area contributed by atoms with Crippen LogP contribution in [-0.4, -0.2) is 15.0 Å². The summed E-state index contributed by atoms with van der Waals surface area (Å²) in [4.78, 5) is 25.7. The molecule has 2 aromatic heterocycles. The third-order valence-electron chi connectivity index (χ3n) is 5.93. The van der Waals surface area contributed by atoms with E-state index in [1.165, 1.54) is 6.07 Å². The zero-order valence-electron chi connectivity index (χ0n) is 14.6. The predicted molar refractivity (Wildman–Crippen MR) is 107 cm³/mol. The van der Waals surface area contributed by atoms with Gasteiger partial charge in [0.15, 0.2) is 0 Å². The first kappa shape index (κ1) is 17.4. The second kappa shape index (κ2) is 6.15. The van der Waals surface area contributed by atoms with E-state index >= 15 is 4.39 Å². The number of nitrogens with one attached hydrogen (secondary N) is 1. The zero-order valence-corrected chi connectivity index (χ0v) is 16.1. The molecule has 27 heavy (non-hydrogen) atoms. The quantitative estimate of drug-likeness (QED) is 0.673. The summed E-state index contributed by atoms with van der Waals surface area (Å²) in [5, 5.41) is 0.612. The van der Waals surface area contributed by atoms with E-state index in [0.717, 1.165) is 50.1 Å². The summed E-state index contributed by atoms with van der Waals surface area (Å²) in [6, 6.07) is 1.63. The zero-order chi connectivity index (χ0) is 18.9. The maximum Gasteiger partial charge on any atom is 0.271 e. The molecule has 2 fully saturated rings. The Bertz CT molecular complexity index is 1190. The van der Waals surface area contributed by atoms with Gasteiger partial charge in [0.1, 0.15) is 16.0 Å². The topological polar surface area (TPSA) is 80.9 Å². The van der Waals surface area contributed by atoms with Gasteiger partial charge in [-0.2, -0.15) is 0 Å². The number of H-pyrrole nitrogens is 1. The van der Waals surface area contributed by atoms with Gasteiger partial charge in [0, 0.05) is 17.6 Å². The first-order valence-corrected chi connectivity index (χ1v) is 10.5. The van der Waals surface area contributed by atoms with Gasteiger partial charge in [-0.1, -0.05) is 11.6 Å². The largest absolute Gasteiger partial charge is 0.328 e. The van der Waals surface area contributed by atoms with Gasteiger partial charge in [-0.05, 0) is 62.0 Å². The van der Waals surface area contributed by atoms with Crippen molar-refractivity contribution < 1.29 is 4.39 Å². The van der Waals surface area contributed by atoms with E-state index in [1.54, 1.807) is 0 Å². The van der Waals surface area contributed by atoms with Crippen molar-refractivity contribution in [2.24, 2.45) is 5.73 Å². The summed E-state index contributed by atoms with van der Waals surface area (Å²) in [6.45, 7) is 0. The lowest BCUT2D eigenvalue weighted by atomic mass is 9.81. The molecule has 0 unspecified atom stereocenters. The van der Waals surface area contributed by atoms with Crippen LogP contribution in [0.15, 0.2) is 15.7 Å². The van der Waals surface area contributed by atoms with Crippen LogP contribution in [0, 0.1) is 5.82 Å². The lowest BCUT2D eigenvalue weighted by molar-refractivity contribution is 0.387. The van der Waals surface area contributed by atoms with Crippen molar-refractivity contribution in [2.45, 2.75) is 56.5 Å². The predicted octanol–water partition coefficient (Wildman–Crippen LogP) is 4.02. The van der Waals surface area contributed by atoms with Crippen molar-refractivity contribution in [1.29, 1.82) is 0 Å². The third-order valence-corrected chi connectivity index (χ3v) is 7.20. The number of hydrogen-bond acceptors (Lipinski definition) is 4. The van der Waals surface area contributed by atoms with Crippen LogP contribution in [0.4, 0.5) is 4.39 Å². The molecule has 0 bridgehead atoms. The highest BCUT2D eigenvalue weighted by molar-refractivity contribution is 7.12. The van der Waals surface area contributed by atoms with Crippen LogP contribution in [0.5, 0.6) is 0 Å². The Hall–Kier alpha value is -1.70. The summed E-state index contributed by atoms with van der Waals surface area (Å²) in [7, 11) is 0. The average molecular weight is 408 g/mol. The molecule has 0 saturated heterocycles. The van der Waals surface area contributed by atoms with Crippen molar-refractivity contribution in [3.05, 3.63) is 43.0 Å². The van der Waals surface area contributed by atoms with E-state index in [9.17, 15) is 9.59 Å². The van der Waals surface area contributed by atoms with Crippen molar-refractivity contribution in [2.75, 3.05) is 0 Å². The van der Waals surface area contributed by atoms with Crippen molar-refractivity contribution in [3.63, 3.8) is 0 Å². The summed E-state index contributed by atoms with van der Waals surface area (Å²) in [5.41, 5.74) is 6.19. The SMILES string of the molecule is NC1CCC(c2c(F)cc3c(=O)c4c(=O)[nH]sc4n(C4CC4)c3c2Cl)CC1. The number of fused-ring (bicyclic) bond motifs is 2. The van der Waals surface area contributed by atoms with Gasteiger partial charge in [0.25, 0.3) is 5.56 Å². The van der Waals surface area contributed by atoms with Crippen LogP contribution in [-0.2, 0) is 0 Å². The van der Waals surface area contributed by atoms with Crippen LogP contribution >= 0.6 is 23.1 Å². The molecule has 2 heterocycles. The van der Waals surface area contributed by atoms with E-state index in [0.29, 0.717) is 20.9 Å². The Morgan fingerprint density at radius 3 is 2.56 bits per heavy atom. The first-order chi connectivity index (χ1) is 13.0. The molecule has 0 amide bonds. The smallest absolute Gasteiger partial charge is 0.271 e. The van der Waals surface area contributed by atoms with Crippen LogP contribution in [0.25, 0.3) is 21.1 Å². The number of aromatic amines is 1. The molecule has 0 atom stereocenters. The fourth-order valence-electron chi connectivity index (χ4n) is 4.40. The Morgan fingerprint density at radius 2 is 1.89 bits per heavy atom. The van der Waals surface area contributed by atoms with Gasteiger partial charge < -0.3 is 10.3 Å². The van der Waals surface area contributed by atoms with Gasteiger partial charge >= 0.3 is 0 Å². The Labute approximate surface area is 163 Å². The number of benzene rings is 1. The standard InChI is InChI=1S/C19H19ClFN3O2S/c20-15-13(8-1-3-9(22)4-2-8)12(21)7-11-16(15)24(10-5-6-10)19-14(17(11)25)18(26)23-27-19/h7-10H,1-6,22H2,(H,23,26). The minimum Gasteiger partial charge on any atom is -0.328 e. The molecule has 5 nitrogen and oxygen atoms in total. The maximum absolute atomic E-state index is 15.1. The molecule has 0 radical (unpaired) electrons. The number of hydrogen-bond donors (Lipinski definition) is 2. The van der Waals surface area contributed by atoms with Gasteiger partial charge in [-0.15, -0.1) is 0 Å². The van der Waals surface area contributed by atoms with E-state index in [2.05, 4.69) is 4.37 Å². The fourth-order valence-corrected chi connectivity index (χ4v) is 5.75. The Kier molecular flexibility index (Phi) is 3.97. The molecule has 2 aliphatic rings. The van der Waals surface area contributed by atoms with E-state index in [1.807, 2.05) is 4.57 Å².